The largest absolute Gasteiger partial charge is 0.486 e. The molecule has 2 aromatic carbocycles. The third-order valence-corrected chi connectivity index (χ3v) is 6.45. The van der Waals surface area contributed by atoms with Crippen molar-refractivity contribution in [3.63, 3.8) is 0 Å². The lowest BCUT2D eigenvalue weighted by atomic mass is 9.59. The van der Waals surface area contributed by atoms with Gasteiger partial charge in [0.1, 0.15) is 18.1 Å². The SMILES string of the molecule is CNC1(C)CC(C)(c2nc(COc3ccc(Cl)cc3)no2)C1.Cc1cc(OCC=O)ccc1Cl. The molecule has 0 bridgehead atoms. The molecule has 0 aliphatic heterocycles. The van der Waals surface area contributed by atoms with E-state index in [9.17, 15) is 4.79 Å². The van der Waals surface area contributed by atoms with Crippen LogP contribution in [0.5, 0.6) is 11.5 Å². The molecule has 7 nitrogen and oxygen atoms in total. The number of aromatic nitrogens is 2. The third kappa shape index (κ3) is 6.72. The molecule has 1 heterocycles. The first-order chi connectivity index (χ1) is 16.2. The van der Waals surface area contributed by atoms with Crippen molar-refractivity contribution >= 4 is 29.5 Å². The van der Waals surface area contributed by atoms with Crippen molar-refractivity contribution in [3.05, 3.63) is 69.8 Å². The number of nitrogens with zero attached hydrogens (tertiary/aromatic N) is 2. The van der Waals surface area contributed by atoms with E-state index in [2.05, 4.69) is 29.3 Å². The topological polar surface area (TPSA) is 86.5 Å². The van der Waals surface area contributed by atoms with Gasteiger partial charge in [-0.3, -0.25) is 4.79 Å². The molecular formula is C25H29Cl2N3O4. The van der Waals surface area contributed by atoms with Crippen molar-refractivity contribution in [1.82, 2.24) is 15.5 Å². The summed E-state index contributed by atoms with van der Waals surface area (Å²) in [4.78, 5) is 14.5. The Morgan fingerprint density at radius 3 is 2.38 bits per heavy atom. The number of hydrogen-bond acceptors (Lipinski definition) is 7. The third-order valence-electron chi connectivity index (χ3n) is 5.78. The summed E-state index contributed by atoms with van der Waals surface area (Å²) in [5.74, 6) is 2.65. The molecule has 182 valence electrons. The van der Waals surface area contributed by atoms with E-state index in [0.29, 0.717) is 33.8 Å². The lowest BCUT2D eigenvalue weighted by Crippen LogP contribution is -2.58. The second-order valence-electron chi connectivity index (χ2n) is 8.87. The van der Waals surface area contributed by atoms with E-state index in [1.165, 1.54) is 0 Å². The highest BCUT2D eigenvalue weighted by molar-refractivity contribution is 6.31. The number of rotatable bonds is 8. The van der Waals surface area contributed by atoms with Crippen LogP contribution in [-0.4, -0.2) is 35.6 Å². The van der Waals surface area contributed by atoms with Gasteiger partial charge in [0, 0.05) is 15.6 Å². The van der Waals surface area contributed by atoms with E-state index >= 15 is 0 Å². The van der Waals surface area contributed by atoms with E-state index in [0.717, 1.165) is 24.2 Å². The molecule has 1 N–H and O–H groups in total. The van der Waals surface area contributed by atoms with E-state index < -0.39 is 0 Å². The first kappa shape index (κ1) is 26.0. The molecule has 0 radical (unpaired) electrons. The van der Waals surface area contributed by atoms with E-state index in [1.807, 2.05) is 26.1 Å². The number of ether oxygens (including phenoxy) is 2. The fourth-order valence-corrected chi connectivity index (χ4v) is 4.32. The molecule has 0 unspecified atom stereocenters. The summed E-state index contributed by atoms with van der Waals surface area (Å²) >= 11 is 11.6. The highest BCUT2D eigenvalue weighted by Crippen LogP contribution is 2.49. The summed E-state index contributed by atoms with van der Waals surface area (Å²) in [5, 5.41) is 8.73. The summed E-state index contributed by atoms with van der Waals surface area (Å²) in [7, 11) is 1.98. The summed E-state index contributed by atoms with van der Waals surface area (Å²) in [6.07, 6.45) is 2.68. The molecular weight excluding hydrogens is 477 g/mol. The van der Waals surface area contributed by atoms with Crippen LogP contribution < -0.4 is 14.8 Å². The quantitative estimate of drug-likeness (QED) is 0.401. The van der Waals surface area contributed by atoms with Crippen LogP contribution in [0.15, 0.2) is 47.0 Å². The zero-order valence-electron chi connectivity index (χ0n) is 19.7. The Morgan fingerprint density at radius 1 is 1.09 bits per heavy atom. The number of hydrogen-bond donors (Lipinski definition) is 1. The zero-order valence-corrected chi connectivity index (χ0v) is 21.2. The molecule has 0 spiro atoms. The standard InChI is InChI=1S/C16H20ClN3O2.C9H9ClO2/c1-15(9-16(2,10-15)18-3)14-19-13(20-22-14)8-21-12-6-4-11(17)5-7-12;1-7-6-8(12-5-4-11)2-3-9(7)10/h4-7,18H,8-10H2,1-3H3;2-4,6H,5H2,1H3. The minimum atomic E-state index is -0.0523. The summed E-state index contributed by atoms with van der Waals surface area (Å²) < 4.78 is 16.1. The number of nitrogens with one attached hydrogen (secondary N) is 1. The van der Waals surface area contributed by atoms with Gasteiger partial charge >= 0.3 is 0 Å². The predicted octanol–water partition coefficient (Wildman–Crippen LogP) is 5.56. The van der Waals surface area contributed by atoms with Crippen molar-refractivity contribution in [2.75, 3.05) is 13.7 Å². The van der Waals surface area contributed by atoms with Gasteiger partial charge in [0.05, 0.1) is 5.41 Å². The Kier molecular flexibility index (Phi) is 8.57. The molecule has 9 heteroatoms. The summed E-state index contributed by atoms with van der Waals surface area (Å²) in [6, 6.07) is 12.5. The summed E-state index contributed by atoms with van der Waals surface area (Å²) in [5.41, 5.74) is 1.05. The number of halogens is 2. The molecule has 1 saturated carbocycles. The predicted molar refractivity (Wildman–Crippen MR) is 132 cm³/mol. The van der Waals surface area contributed by atoms with Crippen molar-refractivity contribution in [2.45, 2.75) is 51.2 Å². The van der Waals surface area contributed by atoms with Gasteiger partial charge in [0.25, 0.3) is 0 Å². The minimum Gasteiger partial charge on any atom is -0.486 e. The second-order valence-corrected chi connectivity index (χ2v) is 9.72. The van der Waals surface area contributed by atoms with Crippen molar-refractivity contribution in [2.24, 2.45) is 0 Å². The first-order valence-electron chi connectivity index (χ1n) is 10.9. The Morgan fingerprint density at radius 2 is 1.76 bits per heavy atom. The maximum atomic E-state index is 9.98. The van der Waals surface area contributed by atoms with Crippen molar-refractivity contribution in [1.29, 1.82) is 0 Å². The molecule has 4 rings (SSSR count). The molecule has 1 aromatic heterocycles. The number of carbonyl (C=O) groups excluding carboxylic acids is 1. The molecule has 0 saturated heterocycles. The number of aldehydes is 1. The van der Waals surface area contributed by atoms with Gasteiger partial charge < -0.3 is 19.3 Å². The molecule has 1 aliphatic carbocycles. The highest BCUT2D eigenvalue weighted by Gasteiger charge is 2.52. The molecule has 1 fully saturated rings. The Labute approximate surface area is 209 Å². The maximum absolute atomic E-state index is 9.98. The average molecular weight is 506 g/mol. The average Bonchev–Trinajstić information content (AvgIpc) is 3.29. The lowest BCUT2D eigenvalue weighted by Gasteiger charge is -2.50. The molecule has 0 atom stereocenters. The van der Waals surface area contributed by atoms with E-state index in [4.69, 9.17) is 37.2 Å². The number of aryl methyl sites for hydroxylation is 1. The molecule has 1 aliphatic rings. The van der Waals surface area contributed by atoms with Gasteiger partial charge in [0.15, 0.2) is 12.9 Å². The highest BCUT2D eigenvalue weighted by atomic mass is 35.5. The van der Waals surface area contributed by atoms with Crippen LogP contribution in [0.4, 0.5) is 0 Å². The van der Waals surface area contributed by atoms with Gasteiger partial charge in [-0.25, -0.2) is 0 Å². The van der Waals surface area contributed by atoms with Crippen molar-refractivity contribution < 1.29 is 18.8 Å². The monoisotopic (exact) mass is 505 g/mol. The Balaban J connectivity index is 0.000000229. The first-order valence-corrected chi connectivity index (χ1v) is 11.6. The van der Waals surface area contributed by atoms with Crippen LogP contribution in [0.25, 0.3) is 0 Å². The van der Waals surface area contributed by atoms with Crippen LogP contribution in [-0.2, 0) is 16.8 Å². The van der Waals surface area contributed by atoms with Gasteiger partial charge in [-0.15, -0.1) is 0 Å². The van der Waals surface area contributed by atoms with Crippen LogP contribution >= 0.6 is 23.2 Å². The Bertz CT molecular complexity index is 1100. The smallest absolute Gasteiger partial charge is 0.232 e. The van der Waals surface area contributed by atoms with Gasteiger partial charge in [-0.05, 0) is 81.8 Å². The van der Waals surface area contributed by atoms with Gasteiger partial charge in [0.2, 0.25) is 11.7 Å². The van der Waals surface area contributed by atoms with E-state index in [1.54, 1.807) is 30.3 Å². The fraction of sp³-hybridized carbons (Fsp3) is 0.400. The minimum absolute atomic E-state index is 0.0523. The number of benzene rings is 2. The molecule has 0 amide bonds. The zero-order chi connectivity index (χ0) is 24.8. The molecule has 34 heavy (non-hydrogen) atoms. The lowest BCUT2D eigenvalue weighted by molar-refractivity contribution is -0.109. The van der Waals surface area contributed by atoms with Crippen molar-refractivity contribution in [3.8, 4) is 11.5 Å². The van der Waals surface area contributed by atoms with Gasteiger partial charge in [-0.1, -0.05) is 35.3 Å². The van der Waals surface area contributed by atoms with E-state index in [-0.39, 0.29) is 24.2 Å². The maximum Gasteiger partial charge on any atom is 0.232 e. The summed E-state index contributed by atoms with van der Waals surface area (Å²) in [6.45, 7) is 6.61. The number of carbonyl (C=O) groups is 1. The van der Waals surface area contributed by atoms with Crippen LogP contribution in [0.3, 0.4) is 0 Å². The van der Waals surface area contributed by atoms with Gasteiger partial charge in [-0.2, -0.15) is 4.98 Å². The second kappa shape index (κ2) is 11.2. The van der Waals surface area contributed by atoms with Crippen LogP contribution in [0, 0.1) is 6.92 Å². The Hall–Kier alpha value is -2.61. The molecule has 3 aromatic rings. The van der Waals surface area contributed by atoms with Crippen LogP contribution in [0.1, 0.15) is 44.0 Å². The normalized spacial score (nSPS) is 21.1. The fourth-order valence-electron chi connectivity index (χ4n) is 4.07. The van der Waals surface area contributed by atoms with Crippen LogP contribution in [0.2, 0.25) is 10.0 Å².